The van der Waals surface area contributed by atoms with Gasteiger partial charge in [-0.1, -0.05) is 0 Å². The van der Waals surface area contributed by atoms with Gasteiger partial charge in [0.05, 0.1) is 35.5 Å². The first-order valence-electron chi connectivity index (χ1n) is 8.36. The summed E-state index contributed by atoms with van der Waals surface area (Å²) in [5, 5.41) is 20.3. The molecular weight excluding hydrogens is 384 g/mol. The van der Waals surface area contributed by atoms with E-state index in [1.807, 2.05) is 0 Å². The molecule has 0 saturated carbocycles. The molecule has 0 bridgehead atoms. The number of hydrogen-bond donors (Lipinski definition) is 2. The normalized spacial score (nSPS) is 10.7. The predicted molar refractivity (Wildman–Crippen MR) is 104 cm³/mol. The van der Waals surface area contributed by atoms with Gasteiger partial charge < -0.3 is 38.3 Å². The highest BCUT2D eigenvalue weighted by Gasteiger charge is 2.29. The number of aromatic hydroxyl groups is 2. The first kappa shape index (κ1) is 20.0. The lowest BCUT2D eigenvalue weighted by atomic mass is 10.1. The second-order valence-electron chi connectivity index (χ2n) is 5.83. The van der Waals surface area contributed by atoms with Crippen molar-refractivity contribution in [2.75, 3.05) is 35.5 Å². The van der Waals surface area contributed by atoms with Crippen LogP contribution in [0.25, 0.3) is 22.3 Å². The predicted octanol–water partition coefficient (Wildman–Crippen LogP) is 2.91. The summed E-state index contributed by atoms with van der Waals surface area (Å²) in [7, 11) is 6.87. The smallest absolute Gasteiger partial charge is 0.239 e. The molecule has 9 heteroatoms. The summed E-state index contributed by atoms with van der Waals surface area (Å²) in [6.45, 7) is 0. The third-order valence-electron chi connectivity index (χ3n) is 4.40. The first-order chi connectivity index (χ1) is 13.9. The summed E-state index contributed by atoms with van der Waals surface area (Å²) in [5.74, 6) is -0.381. The molecule has 0 spiro atoms. The van der Waals surface area contributed by atoms with E-state index in [0.29, 0.717) is 5.56 Å². The highest BCUT2D eigenvalue weighted by atomic mass is 16.5. The molecule has 0 unspecified atom stereocenters. The van der Waals surface area contributed by atoms with Gasteiger partial charge in [0.25, 0.3) is 0 Å². The van der Waals surface area contributed by atoms with Gasteiger partial charge in [-0.2, -0.15) is 0 Å². The first-order valence-corrected chi connectivity index (χ1v) is 8.36. The van der Waals surface area contributed by atoms with Crippen molar-refractivity contribution < 1.29 is 38.3 Å². The van der Waals surface area contributed by atoms with E-state index in [9.17, 15) is 15.0 Å². The second kappa shape index (κ2) is 7.70. The fraction of sp³-hybridized carbons (Fsp3) is 0.250. The Labute approximate surface area is 165 Å². The third-order valence-corrected chi connectivity index (χ3v) is 4.40. The molecule has 9 nitrogen and oxygen atoms in total. The molecule has 0 radical (unpaired) electrons. The molecule has 0 atom stereocenters. The van der Waals surface area contributed by atoms with Crippen molar-refractivity contribution in [3.05, 3.63) is 28.4 Å². The van der Waals surface area contributed by atoms with E-state index in [0.717, 1.165) is 0 Å². The van der Waals surface area contributed by atoms with Crippen LogP contribution < -0.4 is 29.1 Å². The van der Waals surface area contributed by atoms with E-state index < -0.39 is 11.2 Å². The number of ether oxygens (including phenoxy) is 5. The molecule has 0 aliphatic carbocycles. The minimum Gasteiger partial charge on any atom is -0.504 e. The Morgan fingerprint density at radius 2 is 1.38 bits per heavy atom. The number of rotatable bonds is 6. The fourth-order valence-electron chi connectivity index (χ4n) is 3.08. The Balaban J connectivity index is 2.49. The summed E-state index contributed by atoms with van der Waals surface area (Å²) in [6.07, 6.45) is 0. The van der Waals surface area contributed by atoms with Crippen LogP contribution in [-0.4, -0.2) is 45.8 Å². The van der Waals surface area contributed by atoms with E-state index in [1.165, 1.54) is 53.7 Å². The Kier molecular flexibility index (Phi) is 5.31. The van der Waals surface area contributed by atoms with E-state index in [1.54, 1.807) is 0 Å². The maximum absolute atomic E-state index is 13.0. The van der Waals surface area contributed by atoms with Gasteiger partial charge in [0.15, 0.2) is 28.6 Å². The molecule has 2 aromatic carbocycles. The van der Waals surface area contributed by atoms with Crippen LogP contribution in [0.5, 0.6) is 40.2 Å². The van der Waals surface area contributed by atoms with E-state index in [4.69, 9.17) is 28.1 Å². The van der Waals surface area contributed by atoms with Crippen LogP contribution in [0.1, 0.15) is 0 Å². The van der Waals surface area contributed by atoms with Crippen molar-refractivity contribution >= 4 is 11.0 Å². The standard InChI is InChI=1S/C20H20O9/c1-24-11-8-9(6-7-10(11)21)15-14(23)13(22)12-16(25-2)18(26-3)20(28-5)19(27-4)17(12)29-15/h6-8,21,23H,1-5H3. The number of fused-ring (bicyclic) bond motifs is 1. The monoisotopic (exact) mass is 404 g/mol. The number of methoxy groups -OCH3 is 5. The lowest BCUT2D eigenvalue weighted by Crippen LogP contribution is -2.08. The van der Waals surface area contributed by atoms with Gasteiger partial charge in [-0.3, -0.25) is 4.79 Å². The Hall–Kier alpha value is -3.75. The Bertz CT molecular complexity index is 1130. The topological polar surface area (TPSA) is 117 Å². The molecule has 1 heterocycles. The summed E-state index contributed by atoms with van der Waals surface area (Å²) in [4.78, 5) is 13.0. The quantitative estimate of drug-likeness (QED) is 0.639. The van der Waals surface area contributed by atoms with Crippen molar-refractivity contribution in [1.29, 1.82) is 0 Å². The van der Waals surface area contributed by atoms with Crippen LogP contribution in [0, 0.1) is 0 Å². The zero-order valence-electron chi connectivity index (χ0n) is 16.5. The van der Waals surface area contributed by atoms with E-state index in [2.05, 4.69) is 0 Å². The number of phenolic OH excluding ortho intramolecular Hbond substituents is 1. The van der Waals surface area contributed by atoms with Crippen molar-refractivity contribution in [3.8, 4) is 51.6 Å². The SMILES string of the molecule is COc1cc(-c2oc3c(OC)c(OC)c(OC)c(OC)c3c(=O)c2O)ccc1O. The van der Waals surface area contributed by atoms with Crippen molar-refractivity contribution in [1.82, 2.24) is 0 Å². The average Bonchev–Trinajstić information content (AvgIpc) is 2.74. The van der Waals surface area contributed by atoms with Crippen LogP contribution in [0.3, 0.4) is 0 Å². The largest absolute Gasteiger partial charge is 0.504 e. The highest BCUT2D eigenvalue weighted by Crippen LogP contribution is 2.51. The summed E-state index contributed by atoms with van der Waals surface area (Å²) in [6, 6.07) is 4.24. The minimum atomic E-state index is -0.760. The molecule has 0 saturated heterocycles. The number of hydrogen-bond acceptors (Lipinski definition) is 9. The molecule has 3 aromatic rings. The van der Waals surface area contributed by atoms with E-state index in [-0.39, 0.29) is 51.2 Å². The zero-order valence-corrected chi connectivity index (χ0v) is 16.5. The molecule has 0 aliphatic rings. The summed E-state index contributed by atoms with van der Waals surface area (Å²) < 4.78 is 32.4. The number of phenols is 1. The molecule has 154 valence electrons. The maximum atomic E-state index is 13.0. The fourth-order valence-corrected chi connectivity index (χ4v) is 3.08. The zero-order chi connectivity index (χ0) is 21.3. The van der Waals surface area contributed by atoms with Crippen LogP contribution in [0.15, 0.2) is 27.4 Å². The highest BCUT2D eigenvalue weighted by molar-refractivity contribution is 5.96. The second-order valence-corrected chi connectivity index (χ2v) is 5.83. The molecule has 3 rings (SSSR count). The van der Waals surface area contributed by atoms with Crippen LogP contribution >= 0.6 is 0 Å². The molecule has 29 heavy (non-hydrogen) atoms. The molecular formula is C20H20O9. The molecule has 0 aliphatic heterocycles. The molecule has 2 N–H and O–H groups in total. The maximum Gasteiger partial charge on any atom is 0.239 e. The number of benzene rings is 2. The van der Waals surface area contributed by atoms with Crippen LogP contribution in [0.2, 0.25) is 0 Å². The summed E-state index contributed by atoms with van der Waals surface area (Å²) in [5.41, 5.74) is -0.469. The molecule has 0 fully saturated rings. The van der Waals surface area contributed by atoms with Crippen molar-refractivity contribution in [3.63, 3.8) is 0 Å². The van der Waals surface area contributed by atoms with Gasteiger partial charge in [0.2, 0.25) is 28.4 Å². The lowest BCUT2D eigenvalue weighted by Gasteiger charge is -2.18. The average molecular weight is 404 g/mol. The molecule has 0 amide bonds. The minimum absolute atomic E-state index is 0.00755. The van der Waals surface area contributed by atoms with Crippen LogP contribution in [-0.2, 0) is 0 Å². The van der Waals surface area contributed by atoms with Gasteiger partial charge in [-0.15, -0.1) is 0 Å². The van der Waals surface area contributed by atoms with Gasteiger partial charge >= 0.3 is 0 Å². The van der Waals surface area contributed by atoms with Gasteiger partial charge in [-0.05, 0) is 18.2 Å². The summed E-state index contributed by atoms with van der Waals surface area (Å²) >= 11 is 0. The Morgan fingerprint density at radius 1 is 0.793 bits per heavy atom. The van der Waals surface area contributed by atoms with Gasteiger partial charge in [0.1, 0.15) is 5.39 Å². The van der Waals surface area contributed by atoms with Gasteiger partial charge in [-0.25, -0.2) is 0 Å². The van der Waals surface area contributed by atoms with Gasteiger partial charge in [0, 0.05) is 5.56 Å². The Morgan fingerprint density at radius 3 is 1.93 bits per heavy atom. The van der Waals surface area contributed by atoms with Crippen molar-refractivity contribution in [2.24, 2.45) is 0 Å². The van der Waals surface area contributed by atoms with Crippen molar-refractivity contribution in [2.45, 2.75) is 0 Å². The lowest BCUT2D eigenvalue weighted by molar-refractivity contribution is 0.306. The third kappa shape index (κ3) is 3.00. The van der Waals surface area contributed by atoms with E-state index >= 15 is 0 Å². The van der Waals surface area contributed by atoms with Crippen LogP contribution in [0.4, 0.5) is 0 Å². The molecule has 1 aromatic heterocycles.